The molecule has 12 heteroatoms. The van der Waals surface area contributed by atoms with Crippen LogP contribution in [0.4, 0.5) is 0 Å². The maximum absolute atomic E-state index is 13.4. The Hall–Kier alpha value is -4.61. The fraction of sp³-hybridized carbons (Fsp3) is 0.469. The molecule has 0 radical (unpaired) electrons. The number of para-hydroxylation sites is 1. The van der Waals surface area contributed by atoms with Gasteiger partial charge in [-0.15, -0.1) is 0 Å². The van der Waals surface area contributed by atoms with Gasteiger partial charge in [-0.1, -0.05) is 38.1 Å². The molecule has 3 atom stereocenters. The Morgan fingerprint density at radius 3 is 2.36 bits per heavy atom. The first kappa shape index (κ1) is 33.9. The molecule has 0 unspecified atom stereocenters. The molecule has 44 heavy (non-hydrogen) atoms. The molecule has 0 aliphatic carbocycles. The Kier molecular flexibility index (Phi) is 11.7. The van der Waals surface area contributed by atoms with Gasteiger partial charge in [-0.2, -0.15) is 0 Å². The number of methoxy groups -OCH3 is 1. The molecule has 5 N–H and O–H groups in total. The molecule has 12 nitrogen and oxygen atoms in total. The van der Waals surface area contributed by atoms with Crippen molar-refractivity contribution in [3.63, 3.8) is 0 Å². The highest BCUT2D eigenvalue weighted by atomic mass is 16.5. The molecule has 3 rings (SSSR count). The molecule has 0 saturated heterocycles. The van der Waals surface area contributed by atoms with Crippen molar-refractivity contribution >= 4 is 29.5 Å². The molecule has 2 aromatic rings. The molecule has 0 saturated carbocycles. The Balaban J connectivity index is 1.86. The molecular weight excluding hydrogens is 566 g/mol. The number of benzene rings is 2. The minimum atomic E-state index is -1.43. The van der Waals surface area contributed by atoms with Crippen molar-refractivity contribution in [2.75, 3.05) is 20.3 Å². The average molecular weight is 610 g/mol. The van der Waals surface area contributed by atoms with Crippen LogP contribution in [0.5, 0.6) is 11.5 Å². The standard InChI is InChI=1S/C32H43N5O7/c1-19(2)27-30(41)34-20(3)18-44-25-10-8-7-9-23(25)28(39)35-24(17-26(38)37-32(4,5)31(42)36-27)29(40)33-16-15-21-11-13-22(43-6)14-12-21/h7-14,19-20,24,27H,15-18H2,1-6H3,(H,33,40)(H,34,41)(H,35,39)(H,36,42)(H,37,38)/t20-,24-,27+/m0/s1. The van der Waals surface area contributed by atoms with E-state index >= 15 is 0 Å². The number of fused-ring (bicyclic) bond motifs is 1. The van der Waals surface area contributed by atoms with Crippen molar-refractivity contribution in [3.8, 4) is 11.5 Å². The van der Waals surface area contributed by atoms with Crippen molar-refractivity contribution < 1.29 is 33.4 Å². The quantitative estimate of drug-likeness (QED) is 0.331. The van der Waals surface area contributed by atoms with Gasteiger partial charge < -0.3 is 36.1 Å². The van der Waals surface area contributed by atoms with E-state index in [1.165, 1.54) is 13.8 Å². The number of rotatable bonds is 6. The summed E-state index contributed by atoms with van der Waals surface area (Å²) in [7, 11) is 1.58. The molecule has 238 valence electrons. The maximum atomic E-state index is 13.4. The second-order valence-corrected chi connectivity index (χ2v) is 11.7. The van der Waals surface area contributed by atoms with Crippen LogP contribution in [0.3, 0.4) is 0 Å². The first-order valence-electron chi connectivity index (χ1n) is 14.7. The Bertz CT molecular complexity index is 1340. The fourth-order valence-electron chi connectivity index (χ4n) is 4.56. The van der Waals surface area contributed by atoms with E-state index in [0.717, 1.165) is 5.56 Å². The molecule has 1 heterocycles. The lowest BCUT2D eigenvalue weighted by Crippen LogP contribution is -2.61. The normalized spacial score (nSPS) is 21.4. The van der Waals surface area contributed by atoms with Crippen LogP contribution in [-0.4, -0.2) is 73.5 Å². The van der Waals surface area contributed by atoms with Crippen molar-refractivity contribution in [1.29, 1.82) is 0 Å². The number of ether oxygens (including phenoxy) is 2. The van der Waals surface area contributed by atoms with Crippen LogP contribution in [-0.2, 0) is 25.6 Å². The second-order valence-electron chi connectivity index (χ2n) is 11.7. The van der Waals surface area contributed by atoms with Gasteiger partial charge in [0.25, 0.3) is 5.91 Å². The highest BCUT2D eigenvalue weighted by Gasteiger charge is 2.36. The largest absolute Gasteiger partial charge is 0.497 e. The van der Waals surface area contributed by atoms with Gasteiger partial charge in [0, 0.05) is 6.54 Å². The molecule has 0 fully saturated rings. The average Bonchev–Trinajstić information content (AvgIpc) is 2.97. The lowest BCUT2D eigenvalue weighted by atomic mass is 9.98. The highest BCUT2D eigenvalue weighted by molar-refractivity contribution is 6.01. The van der Waals surface area contributed by atoms with E-state index in [4.69, 9.17) is 9.47 Å². The van der Waals surface area contributed by atoms with Gasteiger partial charge >= 0.3 is 0 Å². The summed E-state index contributed by atoms with van der Waals surface area (Å²) in [6.45, 7) is 8.62. The molecular formula is C32H43N5O7. The van der Waals surface area contributed by atoms with E-state index in [2.05, 4.69) is 26.6 Å². The van der Waals surface area contributed by atoms with Gasteiger partial charge in [-0.05, 0) is 62.9 Å². The van der Waals surface area contributed by atoms with Crippen LogP contribution in [0.25, 0.3) is 0 Å². The topological polar surface area (TPSA) is 164 Å². The minimum Gasteiger partial charge on any atom is -0.497 e. The summed E-state index contributed by atoms with van der Waals surface area (Å²) >= 11 is 0. The van der Waals surface area contributed by atoms with E-state index in [1.807, 2.05) is 24.3 Å². The van der Waals surface area contributed by atoms with Gasteiger partial charge in [0.15, 0.2) is 0 Å². The molecule has 0 aromatic heterocycles. The molecule has 5 amide bonds. The van der Waals surface area contributed by atoms with Gasteiger partial charge in [0.05, 0.1) is 25.1 Å². The van der Waals surface area contributed by atoms with Crippen LogP contribution in [0.2, 0.25) is 0 Å². The third kappa shape index (κ3) is 9.45. The van der Waals surface area contributed by atoms with Gasteiger partial charge in [0.2, 0.25) is 23.6 Å². The number of carbonyl (C=O) groups excluding carboxylic acids is 5. The van der Waals surface area contributed by atoms with E-state index in [0.29, 0.717) is 12.2 Å². The molecule has 1 aliphatic rings. The predicted molar refractivity (Wildman–Crippen MR) is 164 cm³/mol. The van der Waals surface area contributed by atoms with E-state index in [-0.39, 0.29) is 30.4 Å². The second kappa shape index (κ2) is 15.2. The summed E-state index contributed by atoms with van der Waals surface area (Å²) in [6.07, 6.45) is 0.0689. The Labute approximate surface area is 258 Å². The number of hydrogen-bond acceptors (Lipinski definition) is 7. The number of nitrogens with one attached hydrogen (secondary N) is 5. The monoisotopic (exact) mass is 609 g/mol. The third-order valence-corrected chi connectivity index (χ3v) is 7.15. The van der Waals surface area contributed by atoms with Crippen molar-refractivity contribution in [1.82, 2.24) is 26.6 Å². The van der Waals surface area contributed by atoms with Crippen molar-refractivity contribution in [2.45, 2.75) is 71.1 Å². The zero-order chi connectivity index (χ0) is 32.4. The third-order valence-electron chi connectivity index (χ3n) is 7.15. The minimum absolute atomic E-state index is 0.0373. The summed E-state index contributed by atoms with van der Waals surface area (Å²) in [4.78, 5) is 66.2. The van der Waals surface area contributed by atoms with Crippen molar-refractivity contribution in [3.05, 3.63) is 59.7 Å². The highest BCUT2D eigenvalue weighted by Crippen LogP contribution is 2.19. The summed E-state index contributed by atoms with van der Waals surface area (Å²) in [5.41, 5.74) is -0.314. The first-order valence-corrected chi connectivity index (χ1v) is 14.7. The summed E-state index contributed by atoms with van der Waals surface area (Å²) in [6, 6.07) is 11.3. The lowest BCUT2D eigenvalue weighted by Gasteiger charge is -2.30. The van der Waals surface area contributed by atoms with Crippen molar-refractivity contribution in [2.24, 2.45) is 5.92 Å². The Morgan fingerprint density at radius 1 is 1.02 bits per heavy atom. The summed E-state index contributed by atoms with van der Waals surface area (Å²) in [5, 5.41) is 13.7. The van der Waals surface area contributed by atoms with Crippen LogP contribution >= 0.6 is 0 Å². The SMILES string of the molecule is COc1ccc(CCNC(=O)[C@@H]2CC(=O)NC(C)(C)C(=O)N[C@H](C(C)C)C(=O)N[C@@H](C)COc3ccccc3C(=O)N2)cc1. The van der Waals surface area contributed by atoms with E-state index in [9.17, 15) is 24.0 Å². The first-order chi connectivity index (χ1) is 20.8. The molecule has 0 spiro atoms. The van der Waals surface area contributed by atoms with E-state index in [1.54, 1.807) is 52.1 Å². The fourth-order valence-corrected chi connectivity index (χ4v) is 4.56. The van der Waals surface area contributed by atoms with Crippen LogP contribution in [0.1, 0.15) is 57.0 Å². The smallest absolute Gasteiger partial charge is 0.255 e. The Morgan fingerprint density at radius 2 is 1.70 bits per heavy atom. The predicted octanol–water partition coefficient (Wildman–Crippen LogP) is 1.48. The number of amides is 5. The lowest BCUT2D eigenvalue weighted by molar-refractivity contribution is -0.136. The van der Waals surface area contributed by atoms with Crippen LogP contribution in [0.15, 0.2) is 48.5 Å². The van der Waals surface area contributed by atoms with Gasteiger partial charge in [-0.25, -0.2) is 0 Å². The number of carbonyl (C=O) groups is 5. The van der Waals surface area contributed by atoms with E-state index < -0.39 is 59.6 Å². The molecule has 2 aromatic carbocycles. The number of hydrogen-bond donors (Lipinski definition) is 5. The van der Waals surface area contributed by atoms with Gasteiger partial charge in [0.1, 0.15) is 35.7 Å². The van der Waals surface area contributed by atoms with Crippen LogP contribution in [0, 0.1) is 5.92 Å². The summed E-state index contributed by atoms with van der Waals surface area (Å²) < 4.78 is 11.1. The molecule has 1 aliphatic heterocycles. The van der Waals surface area contributed by atoms with Gasteiger partial charge in [-0.3, -0.25) is 24.0 Å². The maximum Gasteiger partial charge on any atom is 0.255 e. The summed E-state index contributed by atoms with van der Waals surface area (Å²) in [5.74, 6) is -2.12. The molecule has 0 bridgehead atoms. The van der Waals surface area contributed by atoms with Crippen LogP contribution < -0.4 is 36.1 Å². The zero-order valence-corrected chi connectivity index (χ0v) is 26.1. The zero-order valence-electron chi connectivity index (χ0n) is 26.1.